The van der Waals surface area contributed by atoms with Crippen molar-refractivity contribution in [1.82, 2.24) is 29.8 Å². The molecule has 1 amide bonds. The molecule has 2 aliphatic heterocycles. The van der Waals surface area contributed by atoms with Gasteiger partial charge in [0, 0.05) is 37.1 Å². The van der Waals surface area contributed by atoms with Gasteiger partial charge in [-0.05, 0) is 25.3 Å². The van der Waals surface area contributed by atoms with Crippen LogP contribution in [0.5, 0.6) is 0 Å². The minimum atomic E-state index is -0.204. The van der Waals surface area contributed by atoms with Gasteiger partial charge in [0.05, 0.1) is 12.7 Å². The van der Waals surface area contributed by atoms with Crippen molar-refractivity contribution in [2.45, 2.75) is 45.4 Å². The molecule has 0 bridgehead atoms. The van der Waals surface area contributed by atoms with Crippen LogP contribution in [-0.4, -0.2) is 68.3 Å². The fourth-order valence-electron chi connectivity index (χ4n) is 3.69. The molecule has 8 nitrogen and oxygen atoms in total. The second kappa shape index (κ2) is 6.34. The Morgan fingerprint density at radius 2 is 2.20 bits per heavy atom. The molecule has 3 atom stereocenters. The van der Waals surface area contributed by atoms with E-state index in [0.717, 1.165) is 31.8 Å². The predicted octanol–water partition coefficient (Wildman–Crippen LogP) is 0.660. The summed E-state index contributed by atoms with van der Waals surface area (Å²) in [6.07, 6.45) is 2.97. The van der Waals surface area contributed by atoms with E-state index in [4.69, 9.17) is 4.74 Å². The predicted molar refractivity (Wildman–Crippen MR) is 91.3 cm³/mol. The summed E-state index contributed by atoms with van der Waals surface area (Å²) < 4.78 is 7.59. The van der Waals surface area contributed by atoms with E-state index in [-0.39, 0.29) is 23.9 Å². The Morgan fingerprint density at radius 1 is 1.36 bits per heavy atom. The van der Waals surface area contributed by atoms with Gasteiger partial charge in [0.15, 0.2) is 0 Å². The van der Waals surface area contributed by atoms with E-state index in [9.17, 15) is 4.79 Å². The van der Waals surface area contributed by atoms with Crippen LogP contribution < -0.4 is 5.32 Å². The van der Waals surface area contributed by atoms with Crippen LogP contribution in [0.25, 0.3) is 5.78 Å². The van der Waals surface area contributed by atoms with Gasteiger partial charge < -0.3 is 10.1 Å². The van der Waals surface area contributed by atoms with Gasteiger partial charge in [-0.15, -0.1) is 10.2 Å². The SMILES string of the molecule is Cc1ccn2c(C(=O)N[C@H]3C[C@H]4CO[C@@H](C(C)C)CN4C3)nnc2n1. The van der Waals surface area contributed by atoms with E-state index < -0.39 is 0 Å². The number of carbonyl (C=O) groups excluding carboxylic acids is 1. The first-order valence-corrected chi connectivity index (χ1v) is 8.86. The Bertz CT molecular complexity index is 789. The zero-order chi connectivity index (χ0) is 17.6. The number of fused-ring (bicyclic) bond motifs is 2. The summed E-state index contributed by atoms with van der Waals surface area (Å²) in [5.74, 6) is 1.03. The van der Waals surface area contributed by atoms with E-state index >= 15 is 0 Å². The lowest BCUT2D eigenvalue weighted by Gasteiger charge is -2.36. The molecule has 134 valence electrons. The number of rotatable bonds is 3. The van der Waals surface area contributed by atoms with Crippen LogP contribution in [0.2, 0.25) is 0 Å². The first-order valence-electron chi connectivity index (χ1n) is 8.86. The molecule has 0 aromatic carbocycles. The maximum absolute atomic E-state index is 12.6. The first-order chi connectivity index (χ1) is 12.0. The maximum Gasteiger partial charge on any atom is 0.289 e. The molecule has 0 radical (unpaired) electrons. The largest absolute Gasteiger partial charge is 0.375 e. The van der Waals surface area contributed by atoms with Gasteiger partial charge in [-0.2, -0.15) is 0 Å². The van der Waals surface area contributed by atoms with Gasteiger partial charge in [-0.25, -0.2) is 4.98 Å². The lowest BCUT2D eigenvalue weighted by Crippen LogP contribution is -2.48. The molecule has 2 fully saturated rings. The van der Waals surface area contributed by atoms with Crippen molar-refractivity contribution in [2.75, 3.05) is 19.7 Å². The highest BCUT2D eigenvalue weighted by molar-refractivity contribution is 5.91. The van der Waals surface area contributed by atoms with Crippen LogP contribution in [-0.2, 0) is 4.74 Å². The number of hydrogen-bond acceptors (Lipinski definition) is 6. The number of aryl methyl sites for hydroxylation is 1. The average molecular weight is 344 g/mol. The standard InChI is InChI=1S/C17H24N6O2/c1-10(2)14-8-22-7-12(6-13(22)9-25-14)19-16(24)15-20-21-17-18-11(3)4-5-23(15)17/h4-5,10,12-14H,6-9H2,1-3H3,(H,19,24)/t12-,13-,14+/m0/s1. The maximum atomic E-state index is 12.6. The number of morpholine rings is 1. The van der Waals surface area contributed by atoms with Crippen molar-refractivity contribution in [3.8, 4) is 0 Å². The summed E-state index contributed by atoms with van der Waals surface area (Å²) in [6.45, 7) is 8.80. The monoisotopic (exact) mass is 344 g/mol. The number of nitrogens with one attached hydrogen (secondary N) is 1. The molecule has 2 saturated heterocycles. The second-order valence-electron chi connectivity index (χ2n) is 7.39. The van der Waals surface area contributed by atoms with Gasteiger partial charge in [-0.1, -0.05) is 13.8 Å². The van der Waals surface area contributed by atoms with Crippen molar-refractivity contribution in [3.05, 3.63) is 23.8 Å². The normalized spacial score (nSPS) is 27.0. The fourth-order valence-corrected chi connectivity index (χ4v) is 3.69. The Balaban J connectivity index is 1.43. The molecule has 2 aromatic rings. The number of nitrogens with zero attached hydrogens (tertiary/aromatic N) is 5. The molecule has 0 aliphatic carbocycles. The van der Waals surface area contributed by atoms with Crippen LogP contribution in [0, 0.1) is 12.8 Å². The van der Waals surface area contributed by atoms with E-state index in [0.29, 0.717) is 17.7 Å². The molecule has 2 aromatic heterocycles. The summed E-state index contributed by atoms with van der Waals surface area (Å²) in [5.41, 5.74) is 0.847. The van der Waals surface area contributed by atoms with Crippen LogP contribution in [0.15, 0.2) is 12.3 Å². The molecule has 0 unspecified atom stereocenters. The number of aromatic nitrogens is 4. The lowest BCUT2D eigenvalue weighted by atomic mass is 10.0. The van der Waals surface area contributed by atoms with E-state index in [1.54, 1.807) is 10.6 Å². The topological polar surface area (TPSA) is 84.6 Å². The Kier molecular flexibility index (Phi) is 4.16. The van der Waals surface area contributed by atoms with Crippen molar-refractivity contribution in [3.63, 3.8) is 0 Å². The second-order valence-corrected chi connectivity index (χ2v) is 7.39. The molecule has 1 N–H and O–H groups in total. The summed E-state index contributed by atoms with van der Waals surface area (Å²) in [4.78, 5) is 19.3. The summed E-state index contributed by atoms with van der Waals surface area (Å²) in [5, 5.41) is 11.1. The van der Waals surface area contributed by atoms with Gasteiger partial charge in [-0.3, -0.25) is 14.1 Å². The van der Waals surface area contributed by atoms with Crippen LogP contribution >= 0.6 is 0 Å². The van der Waals surface area contributed by atoms with E-state index in [1.807, 2.05) is 13.0 Å². The highest BCUT2D eigenvalue weighted by Gasteiger charge is 2.38. The molecule has 0 spiro atoms. The van der Waals surface area contributed by atoms with Crippen molar-refractivity contribution in [2.24, 2.45) is 5.92 Å². The zero-order valence-corrected chi connectivity index (χ0v) is 14.8. The van der Waals surface area contributed by atoms with Crippen LogP contribution in [0.1, 0.15) is 36.6 Å². The quantitative estimate of drug-likeness (QED) is 0.880. The Morgan fingerprint density at radius 3 is 3.00 bits per heavy atom. The number of carbonyl (C=O) groups is 1. The highest BCUT2D eigenvalue weighted by atomic mass is 16.5. The van der Waals surface area contributed by atoms with Crippen LogP contribution in [0.3, 0.4) is 0 Å². The summed E-state index contributed by atoms with van der Waals surface area (Å²) in [6, 6.07) is 2.34. The Labute approximate surface area is 146 Å². The molecule has 4 heterocycles. The third-order valence-electron chi connectivity index (χ3n) is 5.15. The molecule has 8 heteroatoms. The lowest BCUT2D eigenvalue weighted by molar-refractivity contribution is -0.0683. The van der Waals surface area contributed by atoms with Crippen molar-refractivity contribution in [1.29, 1.82) is 0 Å². The van der Waals surface area contributed by atoms with E-state index in [1.165, 1.54) is 0 Å². The first kappa shape index (κ1) is 16.4. The summed E-state index contributed by atoms with van der Waals surface area (Å²) >= 11 is 0. The third-order valence-corrected chi connectivity index (χ3v) is 5.15. The minimum Gasteiger partial charge on any atom is -0.375 e. The van der Waals surface area contributed by atoms with Gasteiger partial charge in [0.25, 0.3) is 11.7 Å². The van der Waals surface area contributed by atoms with Gasteiger partial charge in [0.2, 0.25) is 5.82 Å². The Hall–Kier alpha value is -2.06. The molecule has 4 rings (SSSR count). The highest BCUT2D eigenvalue weighted by Crippen LogP contribution is 2.25. The van der Waals surface area contributed by atoms with E-state index in [2.05, 4.69) is 39.2 Å². The van der Waals surface area contributed by atoms with Gasteiger partial charge >= 0.3 is 0 Å². The number of amides is 1. The minimum absolute atomic E-state index is 0.109. The molecule has 2 aliphatic rings. The fraction of sp³-hybridized carbons (Fsp3) is 0.647. The molecule has 0 saturated carbocycles. The van der Waals surface area contributed by atoms with Gasteiger partial charge in [0.1, 0.15) is 0 Å². The average Bonchev–Trinajstić information content (AvgIpc) is 3.16. The van der Waals surface area contributed by atoms with Crippen molar-refractivity contribution < 1.29 is 9.53 Å². The molecule has 25 heavy (non-hydrogen) atoms. The molecular weight excluding hydrogens is 320 g/mol. The zero-order valence-electron chi connectivity index (χ0n) is 14.8. The number of ether oxygens (including phenoxy) is 1. The van der Waals surface area contributed by atoms with Crippen molar-refractivity contribution >= 4 is 11.7 Å². The third kappa shape index (κ3) is 3.11. The smallest absolute Gasteiger partial charge is 0.289 e. The number of hydrogen-bond donors (Lipinski definition) is 1. The summed E-state index contributed by atoms with van der Waals surface area (Å²) in [7, 11) is 0. The van der Waals surface area contributed by atoms with Crippen LogP contribution in [0.4, 0.5) is 0 Å². The molecular formula is C17H24N6O2.